The number of morpholine rings is 1. The van der Waals surface area contributed by atoms with Crippen molar-refractivity contribution in [2.75, 3.05) is 39.4 Å². The molecule has 1 unspecified atom stereocenters. The lowest BCUT2D eigenvalue weighted by Crippen LogP contribution is -2.40. The number of hydrogen-bond acceptors (Lipinski definition) is 3. The fraction of sp³-hybridized carbons (Fsp3) is 0.571. The van der Waals surface area contributed by atoms with Gasteiger partial charge in [0.05, 0.1) is 13.2 Å². The maximum Gasteiger partial charge on any atom is 0.128 e. The van der Waals surface area contributed by atoms with E-state index in [9.17, 15) is 4.39 Å². The van der Waals surface area contributed by atoms with Crippen LogP contribution in [0, 0.1) is 5.82 Å². The van der Waals surface area contributed by atoms with Crippen molar-refractivity contribution in [1.29, 1.82) is 0 Å². The molecule has 1 saturated heterocycles. The van der Waals surface area contributed by atoms with Crippen LogP contribution in [0.4, 0.5) is 4.39 Å². The van der Waals surface area contributed by atoms with Crippen LogP contribution < -0.4 is 5.32 Å². The number of ether oxygens (including phenoxy) is 1. The molecule has 1 aliphatic rings. The summed E-state index contributed by atoms with van der Waals surface area (Å²) in [6.07, 6.45) is 0. The summed E-state index contributed by atoms with van der Waals surface area (Å²) in [5.41, 5.74) is 0.705. The van der Waals surface area contributed by atoms with E-state index in [0.29, 0.717) is 5.56 Å². The molecule has 1 fully saturated rings. The van der Waals surface area contributed by atoms with Crippen LogP contribution in [0.5, 0.6) is 0 Å². The second-order valence-electron chi connectivity index (χ2n) is 4.80. The molecule has 0 radical (unpaired) electrons. The highest BCUT2D eigenvalue weighted by Crippen LogP contribution is 2.21. The molecule has 0 amide bonds. The molecule has 1 aliphatic heterocycles. The van der Waals surface area contributed by atoms with Crippen molar-refractivity contribution in [2.24, 2.45) is 0 Å². The number of benzene rings is 1. The van der Waals surface area contributed by atoms with Crippen molar-refractivity contribution in [3.8, 4) is 0 Å². The minimum atomic E-state index is -0.158. The van der Waals surface area contributed by atoms with Gasteiger partial charge in [-0.25, -0.2) is 4.39 Å². The van der Waals surface area contributed by atoms with Crippen molar-refractivity contribution in [3.05, 3.63) is 34.1 Å². The van der Waals surface area contributed by atoms with Crippen LogP contribution in [0.15, 0.2) is 22.7 Å². The lowest BCUT2D eigenvalue weighted by atomic mass is 10.1. The first kappa shape index (κ1) is 14.9. The lowest BCUT2D eigenvalue weighted by Gasteiger charge is -2.27. The molecule has 5 heteroatoms. The molecule has 19 heavy (non-hydrogen) atoms. The molecule has 0 saturated carbocycles. The maximum absolute atomic E-state index is 13.7. The molecular formula is C14H20BrFN2O. The van der Waals surface area contributed by atoms with E-state index < -0.39 is 0 Å². The van der Waals surface area contributed by atoms with Gasteiger partial charge in [0, 0.05) is 42.3 Å². The lowest BCUT2D eigenvalue weighted by molar-refractivity contribution is 0.0382. The van der Waals surface area contributed by atoms with E-state index in [-0.39, 0.29) is 11.9 Å². The molecule has 0 aromatic heterocycles. The zero-order valence-electron chi connectivity index (χ0n) is 11.2. The van der Waals surface area contributed by atoms with Crippen LogP contribution in [0.3, 0.4) is 0 Å². The van der Waals surface area contributed by atoms with Crippen LogP contribution in [0.2, 0.25) is 0 Å². The van der Waals surface area contributed by atoms with Crippen LogP contribution in [-0.4, -0.2) is 44.3 Å². The summed E-state index contributed by atoms with van der Waals surface area (Å²) in [6, 6.07) is 5.07. The number of hydrogen-bond donors (Lipinski definition) is 1. The minimum Gasteiger partial charge on any atom is -0.379 e. The van der Waals surface area contributed by atoms with Crippen molar-refractivity contribution in [1.82, 2.24) is 10.2 Å². The van der Waals surface area contributed by atoms with Gasteiger partial charge in [0.25, 0.3) is 0 Å². The monoisotopic (exact) mass is 330 g/mol. The fourth-order valence-corrected chi connectivity index (χ4v) is 2.60. The Labute approximate surface area is 122 Å². The SMILES string of the molecule is CC(NCCN1CCOCC1)c1cc(Br)ccc1F. The first-order chi connectivity index (χ1) is 9.16. The first-order valence-electron chi connectivity index (χ1n) is 6.65. The summed E-state index contributed by atoms with van der Waals surface area (Å²) in [6.45, 7) is 7.43. The van der Waals surface area contributed by atoms with Crippen molar-refractivity contribution in [2.45, 2.75) is 13.0 Å². The third-order valence-corrected chi connectivity index (χ3v) is 3.90. The topological polar surface area (TPSA) is 24.5 Å². The first-order valence-corrected chi connectivity index (χ1v) is 7.44. The number of rotatable bonds is 5. The number of nitrogens with zero attached hydrogens (tertiary/aromatic N) is 1. The highest BCUT2D eigenvalue weighted by atomic mass is 79.9. The summed E-state index contributed by atoms with van der Waals surface area (Å²) in [7, 11) is 0. The molecular weight excluding hydrogens is 311 g/mol. The van der Waals surface area contributed by atoms with E-state index in [2.05, 4.69) is 26.1 Å². The van der Waals surface area contributed by atoms with Gasteiger partial charge in [0.1, 0.15) is 5.82 Å². The van der Waals surface area contributed by atoms with Crippen LogP contribution in [-0.2, 0) is 4.74 Å². The molecule has 106 valence electrons. The Morgan fingerprint density at radius 2 is 2.16 bits per heavy atom. The van der Waals surface area contributed by atoms with Crippen LogP contribution in [0.1, 0.15) is 18.5 Å². The minimum absolute atomic E-state index is 0.0125. The smallest absolute Gasteiger partial charge is 0.128 e. The summed E-state index contributed by atoms with van der Waals surface area (Å²) < 4.78 is 19.9. The Bertz CT molecular complexity index is 410. The van der Waals surface area contributed by atoms with Gasteiger partial charge in [-0.15, -0.1) is 0 Å². The molecule has 1 heterocycles. The zero-order valence-corrected chi connectivity index (χ0v) is 12.7. The number of nitrogens with one attached hydrogen (secondary N) is 1. The van der Waals surface area contributed by atoms with Gasteiger partial charge in [-0.3, -0.25) is 4.90 Å². The second kappa shape index (κ2) is 7.33. The third-order valence-electron chi connectivity index (χ3n) is 3.41. The molecule has 3 nitrogen and oxygen atoms in total. The van der Waals surface area contributed by atoms with Gasteiger partial charge in [-0.2, -0.15) is 0 Å². The normalized spacial score (nSPS) is 18.5. The molecule has 0 aliphatic carbocycles. The summed E-state index contributed by atoms with van der Waals surface area (Å²) in [5, 5.41) is 3.37. The molecule has 1 N–H and O–H groups in total. The van der Waals surface area contributed by atoms with Crippen molar-refractivity contribution < 1.29 is 9.13 Å². The van der Waals surface area contributed by atoms with Gasteiger partial charge >= 0.3 is 0 Å². The summed E-state index contributed by atoms with van der Waals surface area (Å²) in [5.74, 6) is -0.158. The Balaban J connectivity index is 1.80. The van der Waals surface area contributed by atoms with E-state index in [4.69, 9.17) is 4.74 Å². The van der Waals surface area contributed by atoms with Gasteiger partial charge < -0.3 is 10.1 Å². The maximum atomic E-state index is 13.7. The largest absolute Gasteiger partial charge is 0.379 e. The predicted octanol–water partition coefficient (Wildman–Crippen LogP) is 2.57. The average molecular weight is 331 g/mol. The standard InChI is InChI=1S/C14H20BrFN2O/c1-11(13-10-12(15)2-3-14(13)16)17-4-5-18-6-8-19-9-7-18/h2-3,10-11,17H,4-9H2,1H3. The van der Waals surface area contributed by atoms with Crippen LogP contribution >= 0.6 is 15.9 Å². The van der Waals surface area contributed by atoms with E-state index in [1.165, 1.54) is 6.07 Å². The van der Waals surface area contributed by atoms with Gasteiger partial charge in [-0.05, 0) is 25.1 Å². The van der Waals surface area contributed by atoms with Crippen molar-refractivity contribution >= 4 is 15.9 Å². The summed E-state index contributed by atoms with van der Waals surface area (Å²) in [4.78, 5) is 2.36. The Kier molecular flexibility index (Phi) is 5.76. The predicted molar refractivity (Wildman–Crippen MR) is 77.8 cm³/mol. The number of halogens is 2. The molecule has 1 aromatic carbocycles. The van der Waals surface area contributed by atoms with E-state index in [1.807, 2.05) is 13.0 Å². The average Bonchev–Trinajstić information content (AvgIpc) is 2.42. The van der Waals surface area contributed by atoms with Gasteiger partial charge in [0.2, 0.25) is 0 Å². The molecule has 0 spiro atoms. The molecule has 0 bridgehead atoms. The van der Waals surface area contributed by atoms with Gasteiger partial charge in [-0.1, -0.05) is 15.9 Å². The molecule has 1 aromatic rings. The van der Waals surface area contributed by atoms with Crippen LogP contribution in [0.25, 0.3) is 0 Å². The quantitative estimate of drug-likeness (QED) is 0.898. The molecule has 1 atom stereocenters. The third kappa shape index (κ3) is 4.53. The van der Waals surface area contributed by atoms with Crippen molar-refractivity contribution in [3.63, 3.8) is 0 Å². The fourth-order valence-electron chi connectivity index (χ4n) is 2.22. The second-order valence-corrected chi connectivity index (χ2v) is 5.71. The Morgan fingerprint density at radius 3 is 2.89 bits per heavy atom. The highest BCUT2D eigenvalue weighted by molar-refractivity contribution is 9.10. The zero-order chi connectivity index (χ0) is 13.7. The van der Waals surface area contributed by atoms with E-state index in [0.717, 1.165) is 43.9 Å². The molecule has 2 rings (SSSR count). The summed E-state index contributed by atoms with van der Waals surface area (Å²) >= 11 is 3.38. The highest BCUT2D eigenvalue weighted by Gasteiger charge is 2.13. The van der Waals surface area contributed by atoms with E-state index >= 15 is 0 Å². The Morgan fingerprint density at radius 1 is 1.42 bits per heavy atom. The van der Waals surface area contributed by atoms with E-state index in [1.54, 1.807) is 6.07 Å². The Hall–Kier alpha value is -0.490. The van der Waals surface area contributed by atoms with Gasteiger partial charge in [0.15, 0.2) is 0 Å².